The number of thiazole rings is 1. The Bertz CT molecular complexity index is 312. The van der Waals surface area contributed by atoms with E-state index in [0.29, 0.717) is 6.42 Å². The average Bonchev–Trinajstić information content (AvgIpc) is 2.70. The minimum atomic E-state index is 0.153. The highest BCUT2D eigenvalue weighted by molar-refractivity contribution is 7.09. The van der Waals surface area contributed by atoms with E-state index in [9.17, 15) is 0 Å². The number of rotatable bonds is 5. The number of aromatic nitrogens is 1. The quantitative estimate of drug-likeness (QED) is 0.307. The van der Waals surface area contributed by atoms with E-state index in [-0.39, 0.29) is 17.9 Å². The molecule has 0 saturated heterocycles. The van der Waals surface area contributed by atoms with Crippen LogP contribution in [0, 0.1) is 0 Å². The summed E-state index contributed by atoms with van der Waals surface area (Å²) in [6.45, 7) is 4.03. The topological polar surface area (TPSA) is 83.5 Å². The first-order valence-corrected chi connectivity index (χ1v) is 5.63. The molecule has 0 amide bonds. The fraction of sp³-hybridized carbons (Fsp3) is 0.556. The maximum atomic E-state index is 8.43. The van der Waals surface area contributed by atoms with Crippen LogP contribution in [0.4, 0.5) is 0 Å². The second-order valence-electron chi connectivity index (χ2n) is 3.46. The minimum absolute atomic E-state index is 0.153. The fourth-order valence-electron chi connectivity index (χ4n) is 1.36. The highest BCUT2D eigenvalue weighted by atomic mass is 32.1. The summed E-state index contributed by atoms with van der Waals surface area (Å²) in [5.74, 6) is 0.237. The highest BCUT2D eigenvalue weighted by Gasteiger charge is 2.12. The van der Waals surface area contributed by atoms with Crippen LogP contribution in [0.3, 0.4) is 0 Å². The Morgan fingerprint density at radius 2 is 2.47 bits per heavy atom. The smallest absolute Gasteiger partial charge is 0.140 e. The lowest BCUT2D eigenvalue weighted by atomic mass is 10.2. The molecule has 1 aromatic heterocycles. The van der Waals surface area contributed by atoms with Crippen LogP contribution in [0.1, 0.15) is 31.3 Å². The summed E-state index contributed by atoms with van der Waals surface area (Å²) in [4.78, 5) is 4.21. The molecular formula is C9H16N4OS. The third-order valence-corrected chi connectivity index (χ3v) is 2.96. The summed E-state index contributed by atoms with van der Waals surface area (Å²) in [7, 11) is 0. The van der Waals surface area contributed by atoms with Gasteiger partial charge in [-0.15, -0.1) is 11.3 Å². The molecule has 1 rings (SSSR count). The molecular weight excluding hydrogens is 212 g/mol. The van der Waals surface area contributed by atoms with Crippen molar-refractivity contribution in [1.82, 2.24) is 10.3 Å². The van der Waals surface area contributed by atoms with Gasteiger partial charge in [-0.05, 0) is 13.8 Å². The van der Waals surface area contributed by atoms with Gasteiger partial charge < -0.3 is 16.3 Å². The van der Waals surface area contributed by atoms with Crippen molar-refractivity contribution in [3.8, 4) is 0 Å². The number of nitrogens with two attached hydrogens (primary N) is 1. The van der Waals surface area contributed by atoms with E-state index in [0.717, 1.165) is 5.01 Å². The Kier molecular flexibility index (Phi) is 4.51. The van der Waals surface area contributed by atoms with Crippen LogP contribution in [0.2, 0.25) is 0 Å². The Morgan fingerprint density at radius 1 is 1.73 bits per heavy atom. The SMILES string of the molecule is CC(CC(N)=NO)NC(C)c1nccs1. The van der Waals surface area contributed by atoms with E-state index in [1.807, 2.05) is 19.2 Å². The monoisotopic (exact) mass is 228 g/mol. The van der Waals surface area contributed by atoms with Crippen molar-refractivity contribution in [2.75, 3.05) is 0 Å². The molecule has 0 spiro atoms. The molecule has 84 valence electrons. The van der Waals surface area contributed by atoms with Crippen molar-refractivity contribution in [2.24, 2.45) is 10.9 Å². The molecule has 1 aromatic rings. The standard InChI is InChI=1S/C9H16N4OS/c1-6(5-8(10)13-14)12-7(2)9-11-3-4-15-9/h3-4,6-7,12,14H,5H2,1-2H3,(H2,10,13). The van der Waals surface area contributed by atoms with Crippen molar-refractivity contribution >= 4 is 17.2 Å². The van der Waals surface area contributed by atoms with Gasteiger partial charge in [0.2, 0.25) is 0 Å². The Balaban J connectivity index is 2.41. The molecule has 2 unspecified atom stereocenters. The van der Waals surface area contributed by atoms with Crippen LogP contribution in [0.25, 0.3) is 0 Å². The summed E-state index contributed by atoms with van der Waals surface area (Å²) in [6, 6.07) is 0.339. The molecule has 0 radical (unpaired) electrons. The van der Waals surface area contributed by atoms with Crippen LogP contribution in [-0.2, 0) is 0 Å². The predicted octanol–water partition coefficient (Wildman–Crippen LogP) is 1.32. The third kappa shape index (κ3) is 3.85. The zero-order valence-electron chi connectivity index (χ0n) is 8.84. The molecule has 0 aliphatic heterocycles. The first-order chi connectivity index (χ1) is 7.13. The fourth-order valence-corrected chi connectivity index (χ4v) is 2.01. The van der Waals surface area contributed by atoms with Gasteiger partial charge in [-0.1, -0.05) is 5.16 Å². The number of amidine groups is 1. The molecule has 0 saturated carbocycles. The summed E-state index contributed by atoms with van der Waals surface area (Å²) in [5.41, 5.74) is 5.42. The second-order valence-corrected chi connectivity index (χ2v) is 4.38. The van der Waals surface area contributed by atoms with Gasteiger partial charge in [0.25, 0.3) is 0 Å². The molecule has 0 fully saturated rings. The second kappa shape index (κ2) is 5.67. The molecule has 5 nitrogen and oxygen atoms in total. The number of nitrogens with one attached hydrogen (secondary N) is 1. The van der Waals surface area contributed by atoms with Crippen molar-refractivity contribution < 1.29 is 5.21 Å². The molecule has 0 aliphatic rings. The van der Waals surface area contributed by atoms with Crippen LogP contribution < -0.4 is 11.1 Å². The van der Waals surface area contributed by atoms with Crippen molar-refractivity contribution in [3.63, 3.8) is 0 Å². The minimum Gasteiger partial charge on any atom is -0.409 e. The maximum absolute atomic E-state index is 8.43. The van der Waals surface area contributed by atoms with Crippen molar-refractivity contribution in [3.05, 3.63) is 16.6 Å². The van der Waals surface area contributed by atoms with E-state index < -0.39 is 0 Å². The number of oxime groups is 1. The molecule has 1 heterocycles. The van der Waals surface area contributed by atoms with Gasteiger partial charge in [-0.2, -0.15) is 0 Å². The molecule has 0 aliphatic carbocycles. The van der Waals surface area contributed by atoms with E-state index in [4.69, 9.17) is 10.9 Å². The lowest BCUT2D eigenvalue weighted by molar-refractivity contribution is 0.315. The molecule has 2 atom stereocenters. The van der Waals surface area contributed by atoms with Crippen molar-refractivity contribution in [2.45, 2.75) is 32.4 Å². The van der Waals surface area contributed by atoms with Gasteiger partial charge in [-0.3, -0.25) is 0 Å². The van der Waals surface area contributed by atoms with E-state index in [1.54, 1.807) is 17.5 Å². The number of nitrogens with zero attached hydrogens (tertiary/aromatic N) is 2. The number of hydrogen-bond acceptors (Lipinski definition) is 5. The van der Waals surface area contributed by atoms with Crippen molar-refractivity contribution in [1.29, 1.82) is 0 Å². The van der Waals surface area contributed by atoms with Gasteiger partial charge >= 0.3 is 0 Å². The largest absolute Gasteiger partial charge is 0.409 e. The summed E-state index contributed by atoms with van der Waals surface area (Å²) >= 11 is 1.61. The first-order valence-electron chi connectivity index (χ1n) is 4.75. The van der Waals surface area contributed by atoms with Gasteiger partial charge in [0.15, 0.2) is 0 Å². The maximum Gasteiger partial charge on any atom is 0.140 e. The molecule has 4 N–H and O–H groups in total. The average molecular weight is 228 g/mol. The lowest BCUT2D eigenvalue weighted by Crippen LogP contribution is -2.33. The first kappa shape index (κ1) is 11.9. The Labute approximate surface area is 93.0 Å². The Morgan fingerprint density at radius 3 is 3.00 bits per heavy atom. The van der Waals surface area contributed by atoms with Gasteiger partial charge in [-0.25, -0.2) is 4.98 Å². The summed E-state index contributed by atoms with van der Waals surface area (Å²) in [6.07, 6.45) is 2.30. The van der Waals surface area contributed by atoms with Crippen LogP contribution in [0.5, 0.6) is 0 Å². The number of hydrogen-bond donors (Lipinski definition) is 3. The van der Waals surface area contributed by atoms with Gasteiger partial charge in [0.1, 0.15) is 10.8 Å². The predicted molar refractivity (Wildman–Crippen MR) is 61.2 cm³/mol. The normalized spacial score (nSPS) is 16.3. The van der Waals surface area contributed by atoms with Crippen LogP contribution in [0.15, 0.2) is 16.7 Å². The van der Waals surface area contributed by atoms with E-state index in [2.05, 4.69) is 15.5 Å². The van der Waals surface area contributed by atoms with Crippen LogP contribution in [-0.4, -0.2) is 22.1 Å². The molecule has 0 aromatic carbocycles. The van der Waals surface area contributed by atoms with Crippen LogP contribution >= 0.6 is 11.3 Å². The van der Waals surface area contributed by atoms with Gasteiger partial charge in [0.05, 0.1) is 6.04 Å². The van der Waals surface area contributed by atoms with E-state index in [1.165, 1.54) is 0 Å². The van der Waals surface area contributed by atoms with E-state index >= 15 is 0 Å². The highest BCUT2D eigenvalue weighted by Crippen LogP contribution is 2.15. The molecule has 0 bridgehead atoms. The Hall–Kier alpha value is -1.14. The lowest BCUT2D eigenvalue weighted by Gasteiger charge is -2.17. The molecule has 6 heteroatoms. The summed E-state index contributed by atoms with van der Waals surface area (Å²) in [5, 5.41) is 17.7. The zero-order chi connectivity index (χ0) is 11.3. The zero-order valence-corrected chi connectivity index (χ0v) is 9.66. The third-order valence-electron chi connectivity index (χ3n) is 2.00. The molecule has 15 heavy (non-hydrogen) atoms. The summed E-state index contributed by atoms with van der Waals surface area (Å²) < 4.78 is 0. The van der Waals surface area contributed by atoms with Gasteiger partial charge in [0, 0.05) is 24.0 Å².